The molecule has 2 rings (SSSR count). The van der Waals surface area contributed by atoms with Gasteiger partial charge < -0.3 is 5.32 Å². The van der Waals surface area contributed by atoms with E-state index in [9.17, 15) is 0 Å². The fourth-order valence-corrected chi connectivity index (χ4v) is 2.95. The summed E-state index contributed by atoms with van der Waals surface area (Å²) < 4.78 is 0. The minimum absolute atomic E-state index is 0.673. The zero-order valence-corrected chi connectivity index (χ0v) is 11.9. The molecule has 19 heavy (non-hydrogen) atoms. The van der Waals surface area contributed by atoms with Crippen LogP contribution in [0.4, 0.5) is 0 Å². The van der Waals surface area contributed by atoms with Crippen LogP contribution in [0.25, 0.3) is 0 Å². The van der Waals surface area contributed by atoms with Gasteiger partial charge in [0.15, 0.2) is 0 Å². The maximum atomic E-state index is 8.78. The van der Waals surface area contributed by atoms with E-state index in [1.54, 1.807) is 0 Å². The van der Waals surface area contributed by atoms with Crippen LogP contribution in [0.3, 0.4) is 0 Å². The summed E-state index contributed by atoms with van der Waals surface area (Å²) in [4.78, 5) is 0. The molecule has 0 amide bonds. The van der Waals surface area contributed by atoms with Gasteiger partial charge in [0, 0.05) is 12.6 Å². The quantitative estimate of drug-likeness (QED) is 0.826. The Morgan fingerprint density at radius 3 is 2.63 bits per heavy atom. The Bertz CT molecular complexity index is 416. The van der Waals surface area contributed by atoms with Crippen molar-refractivity contribution in [2.75, 3.05) is 0 Å². The van der Waals surface area contributed by atoms with Crippen molar-refractivity contribution in [3.8, 4) is 6.07 Å². The lowest BCUT2D eigenvalue weighted by molar-refractivity contribution is 0.425. The summed E-state index contributed by atoms with van der Waals surface area (Å²) in [5.74, 6) is 0.946. The van der Waals surface area contributed by atoms with Crippen molar-refractivity contribution >= 4 is 0 Å². The first kappa shape index (κ1) is 14.1. The van der Waals surface area contributed by atoms with Crippen LogP contribution in [-0.2, 0) is 6.54 Å². The van der Waals surface area contributed by atoms with Crippen molar-refractivity contribution in [2.45, 2.75) is 58.0 Å². The van der Waals surface area contributed by atoms with Gasteiger partial charge in [-0.25, -0.2) is 0 Å². The number of rotatable bonds is 4. The fourth-order valence-electron chi connectivity index (χ4n) is 2.95. The Balaban J connectivity index is 1.79. The average Bonchev–Trinajstić information content (AvgIpc) is 2.70. The highest BCUT2D eigenvalue weighted by molar-refractivity contribution is 5.31. The number of hydrogen-bond donors (Lipinski definition) is 1. The van der Waals surface area contributed by atoms with Crippen LogP contribution in [0, 0.1) is 17.2 Å². The van der Waals surface area contributed by atoms with Gasteiger partial charge in [0.05, 0.1) is 11.6 Å². The molecule has 1 saturated carbocycles. The lowest BCUT2D eigenvalue weighted by Crippen LogP contribution is -2.27. The Labute approximate surface area is 116 Å². The Morgan fingerprint density at radius 2 is 1.95 bits per heavy atom. The number of nitriles is 1. The molecule has 2 atom stereocenters. The van der Waals surface area contributed by atoms with Gasteiger partial charge in [0.25, 0.3) is 0 Å². The van der Waals surface area contributed by atoms with E-state index in [0.717, 1.165) is 18.0 Å². The highest BCUT2D eigenvalue weighted by atomic mass is 14.9. The lowest BCUT2D eigenvalue weighted by Gasteiger charge is -2.16. The van der Waals surface area contributed by atoms with E-state index in [1.807, 2.05) is 12.1 Å². The Hall–Kier alpha value is -1.33. The summed E-state index contributed by atoms with van der Waals surface area (Å²) in [5.41, 5.74) is 2.01. The molecule has 0 saturated heterocycles. The van der Waals surface area contributed by atoms with Crippen molar-refractivity contribution in [1.29, 1.82) is 5.26 Å². The van der Waals surface area contributed by atoms with E-state index in [0.29, 0.717) is 6.04 Å². The van der Waals surface area contributed by atoms with Crippen LogP contribution >= 0.6 is 0 Å². The van der Waals surface area contributed by atoms with Gasteiger partial charge in [-0.05, 0) is 42.9 Å². The molecule has 1 aromatic carbocycles. The molecule has 1 aliphatic carbocycles. The van der Waals surface area contributed by atoms with Crippen molar-refractivity contribution in [2.24, 2.45) is 5.92 Å². The van der Waals surface area contributed by atoms with E-state index in [4.69, 9.17) is 5.26 Å². The smallest absolute Gasteiger partial charge is 0.0991 e. The monoisotopic (exact) mass is 256 g/mol. The normalized spacial score (nSPS) is 23.6. The SMILES string of the molecule is CCC1CCCC(NCc2ccc(C#N)cc2)CC1. The third-order valence-corrected chi connectivity index (χ3v) is 4.34. The third-order valence-electron chi connectivity index (χ3n) is 4.34. The molecule has 1 aliphatic rings. The lowest BCUT2D eigenvalue weighted by atomic mass is 9.98. The minimum Gasteiger partial charge on any atom is -0.310 e. The maximum absolute atomic E-state index is 8.78. The van der Waals surface area contributed by atoms with E-state index in [-0.39, 0.29) is 0 Å². The Kier molecular flexibility index (Phi) is 5.42. The number of hydrogen-bond acceptors (Lipinski definition) is 2. The van der Waals surface area contributed by atoms with Gasteiger partial charge >= 0.3 is 0 Å². The molecular formula is C17H24N2. The molecule has 0 aromatic heterocycles. The molecule has 2 nitrogen and oxygen atoms in total. The zero-order valence-electron chi connectivity index (χ0n) is 11.9. The Morgan fingerprint density at radius 1 is 1.16 bits per heavy atom. The summed E-state index contributed by atoms with van der Waals surface area (Å²) >= 11 is 0. The molecule has 2 heteroatoms. The third kappa shape index (κ3) is 4.36. The maximum Gasteiger partial charge on any atom is 0.0991 e. The minimum atomic E-state index is 0.673. The van der Waals surface area contributed by atoms with Gasteiger partial charge in [-0.3, -0.25) is 0 Å². The van der Waals surface area contributed by atoms with E-state index >= 15 is 0 Å². The molecule has 0 spiro atoms. The van der Waals surface area contributed by atoms with Crippen LogP contribution < -0.4 is 5.32 Å². The highest BCUT2D eigenvalue weighted by Gasteiger charge is 2.17. The number of nitrogens with one attached hydrogen (secondary N) is 1. The molecule has 1 aromatic rings. The van der Waals surface area contributed by atoms with Gasteiger partial charge in [-0.2, -0.15) is 5.26 Å². The second kappa shape index (κ2) is 7.31. The molecule has 2 unspecified atom stereocenters. The van der Waals surface area contributed by atoms with Crippen LogP contribution in [0.1, 0.15) is 56.6 Å². The first-order valence-corrected chi connectivity index (χ1v) is 7.54. The van der Waals surface area contributed by atoms with E-state index in [2.05, 4.69) is 30.4 Å². The number of nitrogens with zero attached hydrogens (tertiary/aromatic N) is 1. The predicted octanol–water partition coefficient (Wildman–Crippen LogP) is 4.01. The summed E-state index contributed by atoms with van der Waals surface area (Å²) in [5, 5.41) is 12.5. The molecule has 0 radical (unpaired) electrons. The van der Waals surface area contributed by atoms with Crippen molar-refractivity contribution < 1.29 is 0 Å². The van der Waals surface area contributed by atoms with Gasteiger partial charge in [-0.15, -0.1) is 0 Å². The highest BCUT2D eigenvalue weighted by Crippen LogP contribution is 2.25. The van der Waals surface area contributed by atoms with Gasteiger partial charge in [0.2, 0.25) is 0 Å². The summed E-state index contributed by atoms with van der Waals surface area (Å²) in [6, 6.07) is 10.7. The second-order valence-corrected chi connectivity index (χ2v) is 5.67. The van der Waals surface area contributed by atoms with Crippen molar-refractivity contribution in [3.05, 3.63) is 35.4 Å². The first-order valence-electron chi connectivity index (χ1n) is 7.54. The largest absolute Gasteiger partial charge is 0.310 e. The molecule has 1 N–H and O–H groups in total. The van der Waals surface area contributed by atoms with Crippen molar-refractivity contribution in [3.63, 3.8) is 0 Å². The van der Waals surface area contributed by atoms with Crippen LogP contribution in [0.15, 0.2) is 24.3 Å². The van der Waals surface area contributed by atoms with Crippen LogP contribution in [0.5, 0.6) is 0 Å². The molecule has 1 fully saturated rings. The predicted molar refractivity (Wildman–Crippen MR) is 78.7 cm³/mol. The fraction of sp³-hybridized carbons (Fsp3) is 0.588. The summed E-state index contributed by atoms with van der Waals surface area (Å²) in [6.45, 7) is 3.24. The molecular weight excluding hydrogens is 232 g/mol. The topological polar surface area (TPSA) is 35.8 Å². The molecule has 102 valence electrons. The van der Waals surface area contributed by atoms with Crippen LogP contribution in [-0.4, -0.2) is 6.04 Å². The number of benzene rings is 1. The summed E-state index contributed by atoms with van der Waals surface area (Å²) in [6.07, 6.45) is 8.11. The second-order valence-electron chi connectivity index (χ2n) is 5.67. The molecule has 0 bridgehead atoms. The average molecular weight is 256 g/mol. The van der Waals surface area contributed by atoms with E-state index < -0.39 is 0 Å². The first-order chi connectivity index (χ1) is 9.31. The molecule has 0 aliphatic heterocycles. The van der Waals surface area contributed by atoms with Crippen molar-refractivity contribution in [1.82, 2.24) is 5.32 Å². The molecule has 0 heterocycles. The van der Waals surface area contributed by atoms with Gasteiger partial charge in [0.1, 0.15) is 0 Å². The zero-order chi connectivity index (χ0) is 13.5. The summed E-state index contributed by atoms with van der Waals surface area (Å²) in [7, 11) is 0. The standard InChI is InChI=1S/C17H24N2/c1-2-14-4-3-5-17(11-10-14)19-13-16-8-6-15(12-18)7-9-16/h6-9,14,17,19H,2-5,10-11,13H2,1H3. The van der Waals surface area contributed by atoms with E-state index in [1.165, 1.54) is 44.1 Å². The van der Waals surface area contributed by atoms with Crippen LogP contribution in [0.2, 0.25) is 0 Å². The van der Waals surface area contributed by atoms with Gasteiger partial charge in [-0.1, -0.05) is 38.3 Å².